The van der Waals surface area contributed by atoms with E-state index in [1.807, 2.05) is 0 Å². The first-order valence-electron chi connectivity index (χ1n) is 6.07. The van der Waals surface area contributed by atoms with E-state index in [2.05, 4.69) is 11.6 Å². The molecule has 0 saturated heterocycles. The number of aromatic nitrogens is 1. The topological polar surface area (TPSA) is 38.9 Å². The van der Waals surface area contributed by atoms with E-state index in [0.29, 0.717) is 21.5 Å². The van der Waals surface area contributed by atoms with Crippen molar-refractivity contribution in [2.45, 2.75) is 6.18 Å². The number of nitrogens with zero attached hydrogens (tertiary/aromatic N) is 1. The molecule has 0 fully saturated rings. The second-order valence-electron chi connectivity index (χ2n) is 4.35. The highest BCUT2D eigenvalue weighted by atomic mass is 35.5. The lowest BCUT2D eigenvalue weighted by molar-refractivity contribution is -0.0688. The van der Waals surface area contributed by atoms with E-state index in [9.17, 15) is 13.2 Å². The van der Waals surface area contributed by atoms with Crippen LogP contribution in [0.1, 0.15) is 11.4 Å². The molecule has 2 aromatic rings. The number of allylic oxidation sites excluding steroid dienone is 1. The fraction of sp³-hybridized carbons (Fsp3) is 0.133. The van der Waals surface area contributed by atoms with Crippen LogP contribution in [-0.4, -0.2) is 17.7 Å². The van der Waals surface area contributed by atoms with Crippen molar-refractivity contribution in [3.63, 3.8) is 0 Å². The molecule has 2 nitrogen and oxygen atoms in total. The number of hydrogen-bond acceptors (Lipinski definition) is 2. The number of rotatable bonds is 3. The molecule has 0 amide bonds. The van der Waals surface area contributed by atoms with Crippen molar-refractivity contribution in [3.8, 4) is 0 Å². The van der Waals surface area contributed by atoms with Gasteiger partial charge in [0.25, 0.3) is 0 Å². The number of fused-ring (bicyclic) bond motifs is 1. The number of halogens is 4. The second-order valence-corrected chi connectivity index (χ2v) is 4.75. The van der Waals surface area contributed by atoms with Gasteiger partial charge in [-0.15, -0.1) is 0 Å². The van der Waals surface area contributed by atoms with Gasteiger partial charge in [-0.2, -0.15) is 13.2 Å². The molecule has 0 aliphatic rings. The van der Waals surface area contributed by atoms with Gasteiger partial charge in [0.15, 0.2) is 0 Å². The van der Waals surface area contributed by atoms with Gasteiger partial charge in [-0.1, -0.05) is 36.4 Å². The summed E-state index contributed by atoms with van der Waals surface area (Å²) >= 11 is 6.07. The number of benzene rings is 1. The van der Waals surface area contributed by atoms with Crippen molar-refractivity contribution in [1.29, 1.82) is 0 Å². The van der Waals surface area contributed by atoms with Gasteiger partial charge in [0.05, 0.1) is 17.0 Å². The van der Waals surface area contributed by atoms with Crippen LogP contribution in [0.2, 0.25) is 5.02 Å². The molecule has 110 valence electrons. The summed E-state index contributed by atoms with van der Waals surface area (Å²) < 4.78 is 38.8. The normalized spacial score (nSPS) is 12.2. The number of nitrogens with two attached hydrogens (primary N) is 1. The predicted octanol–water partition coefficient (Wildman–Crippen LogP) is 4.44. The van der Waals surface area contributed by atoms with Crippen LogP contribution in [0.25, 0.3) is 22.4 Å². The molecule has 1 aromatic carbocycles. The molecule has 0 radical (unpaired) electrons. The van der Waals surface area contributed by atoms with Crippen molar-refractivity contribution in [3.05, 3.63) is 53.3 Å². The van der Waals surface area contributed by atoms with Crippen LogP contribution in [0.15, 0.2) is 36.9 Å². The molecule has 0 aliphatic carbocycles. The van der Waals surface area contributed by atoms with Gasteiger partial charge < -0.3 is 5.73 Å². The molecule has 1 heterocycles. The Balaban J connectivity index is 2.75. The molecule has 1 aromatic heterocycles. The Morgan fingerprint density at radius 1 is 1.33 bits per heavy atom. The Labute approximate surface area is 124 Å². The standard InChI is InChI=1S/C15H12ClF3N2/c1-9(15(17,18)19)14-11-5-2-6-13(16)12(11)8-10(21-14)4-3-7-20/h2-6,8H,1,7,20H2/b4-3+. The van der Waals surface area contributed by atoms with Gasteiger partial charge in [-0.05, 0) is 18.2 Å². The fourth-order valence-electron chi connectivity index (χ4n) is 1.90. The van der Waals surface area contributed by atoms with E-state index in [1.54, 1.807) is 30.4 Å². The SMILES string of the molecule is C=C(c1nc(/C=C/CN)cc2c(Cl)cccc12)C(F)(F)F. The van der Waals surface area contributed by atoms with E-state index < -0.39 is 11.7 Å². The molecule has 2 N–H and O–H groups in total. The quantitative estimate of drug-likeness (QED) is 0.910. The fourth-order valence-corrected chi connectivity index (χ4v) is 2.13. The second kappa shape index (κ2) is 5.87. The van der Waals surface area contributed by atoms with Gasteiger partial charge >= 0.3 is 6.18 Å². The first-order valence-corrected chi connectivity index (χ1v) is 6.44. The molecule has 0 atom stereocenters. The number of alkyl halides is 3. The predicted molar refractivity (Wildman–Crippen MR) is 79.9 cm³/mol. The zero-order valence-electron chi connectivity index (χ0n) is 10.9. The molecule has 2 rings (SSSR count). The Morgan fingerprint density at radius 3 is 2.67 bits per heavy atom. The Hall–Kier alpha value is -1.85. The zero-order valence-corrected chi connectivity index (χ0v) is 11.7. The molecule has 6 heteroatoms. The van der Waals surface area contributed by atoms with Crippen LogP contribution in [-0.2, 0) is 0 Å². The van der Waals surface area contributed by atoms with Gasteiger partial charge in [-0.3, -0.25) is 0 Å². The number of hydrogen-bond donors (Lipinski definition) is 1. The lowest BCUT2D eigenvalue weighted by atomic mass is 10.0. The Morgan fingerprint density at radius 2 is 2.05 bits per heavy atom. The molecule has 0 saturated carbocycles. The molecule has 0 bridgehead atoms. The maximum Gasteiger partial charge on any atom is 0.417 e. The van der Waals surface area contributed by atoms with Crippen LogP contribution < -0.4 is 5.73 Å². The molecular weight excluding hydrogens is 301 g/mol. The highest BCUT2D eigenvalue weighted by Crippen LogP contribution is 2.36. The Bertz CT molecular complexity index is 721. The molecule has 0 unspecified atom stereocenters. The van der Waals surface area contributed by atoms with E-state index >= 15 is 0 Å². The summed E-state index contributed by atoms with van der Waals surface area (Å²) in [6.45, 7) is 3.38. The summed E-state index contributed by atoms with van der Waals surface area (Å²) in [4.78, 5) is 4.03. The first kappa shape index (κ1) is 15.5. The average Bonchev–Trinajstić information content (AvgIpc) is 2.43. The monoisotopic (exact) mass is 312 g/mol. The molecule has 21 heavy (non-hydrogen) atoms. The minimum absolute atomic E-state index is 0.223. The molecule has 0 spiro atoms. The van der Waals surface area contributed by atoms with E-state index in [-0.39, 0.29) is 12.2 Å². The van der Waals surface area contributed by atoms with Crippen molar-refractivity contribution < 1.29 is 13.2 Å². The summed E-state index contributed by atoms with van der Waals surface area (Å²) in [7, 11) is 0. The third-order valence-electron chi connectivity index (χ3n) is 2.89. The van der Waals surface area contributed by atoms with Gasteiger partial charge in [-0.25, -0.2) is 4.98 Å². The lowest BCUT2D eigenvalue weighted by Gasteiger charge is -2.13. The van der Waals surface area contributed by atoms with Crippen molar-refractivity contribution in [1.82, 2.24) is 4.98 Å². The first-order chi connectivity index (χ1) is 9.84. The third kappa shape index (κ3) is 3.25. The smallest absolute Gasteiger partial charge is 0.327 e. The number of pyridine rings is 1. The summed E-state index contributed by atoms with van der Waals surface area (Å²) in [5, 5.41) is 1.16. The van der Waals surface area contributed by atoms with Crippen molar-refractivity contribution in [2.75, 3.05) is 6.54 Å². The Kier molecular flexibility index (Phi) is 4.34. The van der Waals surface area contributed by atoms with E-state index in [4.69, 9.17) is 17.3 Å². The van der Waals surface area contributed by atoms with Crippen LogP contribution in [0, 0.1) is 0 Å². The minimum Gasteiger partial charge on any atom is -0.327 e. The van der Waals surface area contributed by atoms with Crippen LogP contribution in [0.5, 0.6) is 0 Å². The van der Waals surface area contributed by atoms with E-state index in [0.717, 1.165) is 0 Å². The van der Waals surface area contributed by atoms with Gasteiger partial charge in [0.1, 0.15) is 0 Å². The summed E-state index contributed by atoms with van der Waals surface area (Å²) in [5.41, 5.74) is 4.47. The van der Waals surface area contributed by atoms with Crippen LogP contribution in [0.4, 0.5) is 13.2 Å². The summed E-state index contributed by atoms with van der Waals surface area (Å²) in [6.07, 6.45) is -1.40. The molecular formula is C15H12ClF3N2. The maximum atomic E-state index is 12.9. The van der Waals surface area contributed by atoms with Gasteiger partial charge in [0.2, 0.25) is 0 Å². The average molecular weight is 313 g/mol. The van der Waals surface area contributed by atoms with Crippen molar-refractivity contribution in [2.24, 2.45) is 5.73 Å². The van der Waals surface area contributed by atoms with Crippen molar-refractivity contribution >= 4 is 34.0 Å². The summed E-state index contributed by atoms with van der Waals surface area (Å²) in [6, 6.07) is 6.35. The third-order valence-corrected chi connectivity index (χ3v) is 3.22. The lowest BCUT2D eigenvalue weighted by Crippen LogP contribution is -2.11. The highest BCUT2D eigenvalue weighted by molar-refractivity contribution is 6.35. The van der Waals surface area contributed by atoms with Crippen LogP contribution in [0.3, 0.4) is 0 Å². The largest absolute Gasteiger partial charge is 0.417 e. The van der Waals surface area contributed by atoms with E-state index in [1.165, 1.54) is 6.07 Å². The highest BCUT2D eigenvalue weighted by Gasteiger charge is 2.35. The van der Waals surface area contributed by atoms with Crippen LogP contribution >= 0.6 is 11.6 Å². The zero-order chi connectivity index (χ0) is 15.6. The summed E-state index contributed by atoms with van der Waals surface area (Å²) in [5.74, 6) is 0. The maximum absolute atomic E-state index is 12.9. The van der Waals surface area contributed by atoms with Gasteiger partial charge in [0, 0.05) is 22.3 Å². The molecule has 0 aliphatic heterocycles. The minimum atomic E-state index is -4.56.